The van der Waals surface area contributed by atoms with E-state index < -0.39 is 6.10 Å². The molecular formula is C60H116O6. The zero-order chi connectivity index (χ0) is 48.2. The molecule has 0 aromatic carbocycles. The quantitative estimate of drug-likeness (QED) is 0.0343. The van der Waals surface area contributed by atoms with E-state index >= 15 is 0 Å². The SMILES string of the molecule is CCCCCCCCCCCCCCCCCC(=O)OC[C@H](COC(=O)CCCCCCCCCCCCCC(C)C)OC(=O)CCCCCCCCCCCCCCCCCCC(C)C. The van der Waals surface area contributed by atoms with Crippen LogP contribution < -0.4 is 0 Å². The van der Waals surface area contributed by atoms with Gasteiger partial charge in [0.1, 0.15) is 13.2 Å². The largest absolute Gasteiger partial charge is 0.462 e. The van der Waals surface area contributed by atoms with Crippen LogP contribution >= 0.6 is 0 Å². The molecule has 0 fully saturated rings. The van der Waals surface area contributed by atoms with Gasteiger partial charge in [-0.25, -0.2) is 0 Å². The van der Waals surface area contributed by atoms with E-state index in [1.54, 1.807) is 0 Å². The highest BCUT2D eigenvalue weighted by Gasteiger charge is 2.19. The third kappa shape index (κ3) is 53.4. The molecule has 0 heterocycles. The lowest BCUT2D eigenvalue weighted by Gasteiger charge is -2.18. The molecule has 0 saturated heterocycles. The molecule has 0 aromatic rings. The number of ether oxygens (including phenoxy) is 3. The van der Waals surface area contributed by atoms with Crippen molar-refractivity contribution < 1.29 is 28.6 Å². The van der Waals surface area contributed by atoms with Gasteiger partial charge in [0.2, 0.25) is 0 Å². The van der Waals surface area contributed by atoms with Crippen LogP contribution in [0.4, 0.5) is 0 Å². The molecule has 0 aliphatic carbocycles. The minimum Gasteiger partial charge on any atom is -0.462 e. The first-order chi connectivity index (χ1) is 32.2. The standard InChI is InChI=1S/C60H116O6/c1-6-7-8-9-10-11-12-13-16-20-25-30-35-40-45-50-58(61)64-53-57(54-65-59(62)51-46-41-36-31-27-22-24-29-34-39-44-49-56(4)5)66-60(63)52-47-42-37-32-26-21-18-15-14-17-19-23-28-33-38-43-48-55(2)3/h55-57H,6-54H2,1-5H3/t57-/m1/s1. The van der Waals surface area contributed by atoms with Gasteiger partial charge in [-0.2, -0.15) is 0 Å². The van der Waals surface area contributed by atoms with Crippen molar-refractivity contribution in [1.82, 2.24) is 0 Å². The molecule has 0 unspecified atom stereocenters. The van der Waals surface area contributed by atoms with Crippen molar-refractivity contribution in [1.29, 1.82) is 0 Å². The second kappa shape index (κ2) is 52.8. The van der Waals surface area contributed by atoms with Gasteiger partial charge in [-0.3, -0.25) is 14.4 Å². The van der Waals surface area contributed by atoms with Crippen LogP contribution in [0.2, 0.25) is 0 Å². The number of unbranched alkanes of at least 4 members (excludes halogenated alkanes) is 39. The van der Waals surface area contributed by atoms with E-state index in [4.69, 9.17) is 14.2 Å². The lowest BCUT2D eigenvalue weighted by molar-refractivity contribution is -0.167. The topological polar surface area (TPSA) is 78.9 Å². The van der Waals surface area contributed by atoms with Crippen LogP contribution in [-0.2, 0) is 28.6 Å². The Kier molecular flexibility index (Phi) is 51.5. The zero-order valence-corrected chi connectivity index (χ0v) is 45.3. The first-order valence-electron chi connectivity index (χ1n) is 29.7. The second-order valence-electron chi connectivity index (χ2n) is 21.6. The van der Waals surface area contributed by atoms with Gasteiger partial charge < -0.3 is 14.2 Å². The number of carbonyl (C=O) groups excluding carboxylic acids is 3. The van der Waals surface area contributed by atoms with Gasteiger partial charge in [0.15, 0.2) is 6.10 Å². The lowest BCUT2D eigenvalue weighted by atomic mass is 10.0. The molecule has 392 valence electrons. The number of hydrogen-bond donors (Lipinski definition) is 0. The maximum absolute atomic E-state index is 12.9. The molecule has 1 atom stereocenters. The average Bonchev–Trinajstić information content (AvgIpc) is 3.29. The summed E-state index contributed by atoms with van der Waals surface area (Å²) < 4.78 is 16.9. The zero-order valence-electron chi connectivity index (χ0n) is 45.3. The third-order valence-electron chi connectivity index (χ3n) is 13.7. The Labute approximate surface area is 412 Å². The summed E-state index contributed by atoms with van der Waals surface area (Å²) in [4.78, 5) is 38.2. The Bertz CT molecular complexity index is 1010. The minimum absolute atomic E-state index is 0.0624. The van der Waals surface area contributed by atoms with Gasteiger partial charge in [-0.1, -0.05) is 298 Å². The predicted octanol–water partition coefficient (Wildman–Crippen LogP) is 19.7. The molecule has 0 aliphatic heterocycles. The molecule has 66 heavy (non-hydrogen) atoms. The molecule has 0 rings (SSSR count). The Morgan fingerprint density at radius 3 is 0.742 bits per heavy atom. The molecule has 6 heteroatoms. The van der Waals surface area contributed by atoms with Gasteiger partial charge in [-0.15, -0.1) is 0 Å². The highest BCUT2D eigenvalue weighted by atomic mass is 16.6. The lowest BCUT2D eigenvalue weighted by Crippen LogP contribution is -2.30. The molecule has 0 amide bonds. The van der Waals surface area contributed by atoms with Crippen molar-refractivity contribution in [2.75, 3.05) is 13.2 Å². The number of carbonyl (C=O) groups is 3. The number of hydrogen-bond acceptors (Lipinski definition) is 6. The van der Waals surface area contributed by atoms with Crippen LogP contribution in [0.25, 0.3) is 0 Å². The monoisotopic (exact) mass is 933 g/mol. The fourth-order valence-corrected chi connectivity index (χ4v) is 9.23. The summed E-state index contributed by atoms with van der Waals surface area (Å²) in [6.45, 7) is 11.4. The average molecular weight is 934 g/mol. The van der Waals surface area contributed by atoms with Gasteiger partial charge in [0.25, 0.3) is 0 Å². The summed E-state index contributed by atoms with van der Waals surface area (Å²) >= 11 is 0. The normalized spacial score (nSPS) is 12.0. The number of rotatable bonds is 54. The summed E-state index contributed by atoms with van der Waals surface area (Å²) in [6.07, 6.45) is 56.7. The third-order valence-corrected chi connectivity index (χ3v) is 13.7. The molecule has 0 radical (unpaired) electrons. The molecule has 0 N–H and O–H groups in total. The molecule has 0 aromatic heterocycles. The molecule has 6 nitrogen and oxygen atoms in total. The summed E-state index contributed by atoms with van der Waals surface area (Å²) in [6, 6.07) is 0. The van der Waals surface area contributed by atoms with E-state index in [1.807, 2.05) is 0 Å². The van der Waals surface area contributed by atoms with Crippen LogP contribution in [0, 0.1) is 11.8 Å². The van der Waals surface area contributed by atoms with E-state index in [1.165, 1.54) is 225 Å². The van der Waals surface area contributed by atoms with E-state index in [0.29, 0.717) is 19.3 Å². The van der Waals surface area contributed by atoms with Gasteiger partial charge in [0, 0.05) is 19.3 Å². The molecular weight excluding hydrogens is 817 g/mol. The highest BCUT2D eigenvalue weighted by Crippen LogP contribution is 2.18. The Balaban J connectivity index is 4.29. The van der Waals surface area contributed by atoms with Crippen molar-refractivity contribution in [3.8, 4) is 0 Å². The van der Waals surface area contributed by atoms with E-state index in [-0.39, 0.29) is 31.1 Å². The minimum atomic E-state index is -0.763. The van der Waals surface area contributed by atoms with Crippen LogP contribution in [0.5, 0.6) is 0 Å². The second-order valence-corrected chi connectivity index (χ2v) is 21.6. The van der Waals surface area contributed by atoms with Gasteiger partial charge in [0.05, 0.1) is 0 Å². The molecule has 0 aliphatic rings. The predicted molar refractivity (Wildman–Crippen MR) is 284 cm³/mol. The number of esters is 3. The van der Waals surface area contributed by atoms with Crippen LogP contribution in [0.15, 0.2) is 0 Å². The van der Waals surface area contributed by atoms with Crippen molar-refractivity contribution in [2.45, 2.75) is 343 Å². The van der Waals surface area contributed by atoms with Crippen molar-refractivity contribution >= 4 is 17.9 Å². The Morgan fingerprint density at radius 1 is 0.288 bits per heavy atom. The first kappa shape index (κ1) is 64.4. The summed E-state index contributed by atoms with van der Waals surface area (Å²) in [5, 5.41) is 0. The van der Waals surface area contributed by atoms with Crippen molar-refractivity contribution in [3.05, 3.63) is 0 Å². The molecule has 0 spiro atoms. The summed E-state index contributed by atoms with van der Waals surface area (Å²) in [5.41, 5.74) is 0. The van der Waals surface area contributed by atoms with Crippen molar-refractivity contribution in [2.24, 2.45) is 11.8 Å². The van der Waals surface area contributed by atoms with Gasteiger partial charge >= 0.3 is 17.9 Å². The fourth-order valence-electron chi connectivity index (χ4n) is 9.23. The van der Waals surface area contributed by atoms with Crippen LogP contribution in [0.1, 0.15) is 336 Å². The smallest absolute Gasteiger partial charge is 0.306 e. The van der Waals surface area contributed by atoms with E-state index in [9.17, 15) is 14.4 Å². The highest BCUT2D eigenvalue weighted by molar-refractivity contribution is 5.71. The Hall–Kier alpha value is -1.59. The molecule has 0 saturated carbocycles. The van der Waals surface area contributed by atoms with E-state index in [2.05, 4.69) is 34.6 Å². The molecule has 0 bridgehead atoms. The van der Waals surface area contributed by atoms with Crippen LogP contribution in [0.3, 0.4) is 0 Å². The summed E-state index contributed by atoms with van der Waals surface area (Å²) in [5.74, 6) is 0.842. The van der Waals surface area contributed by atoms with Gasteiger partial charge in [-0.05, 0) is 31.1 Å². The van der Waals surface area contributed by atoms with Crippen molar-refractivity contribution in [3.63, 3.8) is 0 Å². The Morgan fingerprint density at radius 2 is 0.500 bits per heavy atom. The summed E-state index contributed by atoms with van der Waals surface area (Å²) in [7, 11) is 0. The maximum atomic E-state index is 12.9. The first-order valence-corrected chi connectivity index (χ1v) is 29.7. The van der Waals surface area contributed by atoms with E-state index in [0.717, 1.165) is 69.6 Å². The maximum Gasteiger partial charge on any atom is 0.306 e. The fraction of sp³-hybridized carbons (Fsp3) is 0.950. The van der Waals surface area contributed by atoms with Crippen LogP contribution in [-0.4, -0.2) is 37.2 Å².